The zero-order chi connectivity index (χ0) is 18.3. The van der Waals surface area contributed by atoms with Gasteiger partial charge in [0, 0.05) is 19.0 Å². The minimum atomic E-state index is -0.651. The number of nitrogens with zero attached hydrogens (tertiary/aromatic N) is 2. The summed E-state index contributed by atoms with van der Waals surface area (Å²) in [6.45, 7) is 0.478. The van der Waals surface area contributed by atoms with E-state index in [1.807, 2.05) is 12.1 Å². The molecule has 132 valence electrons. The van der Waals surface area contributed by atoms with Crippen LogP contribution in [0.3, 0.4) is 0 Å². The van der Waals surface area contributed by atoms with Crippen LogP contribution in [0.2, 0.25) is 0 Å². The summed E-state index contributed by atoms with van der Waals surface area (Å²) in [5, 5.41) is 15.2. The highest BCUT2D eigenvalue weighted by molar-refractivity contribution is 5.96. The Bertz CT molecular complexity index is 1090. The number of ether oxygens (including phenoxy) is 2. The Balaban J connectivity index is 1.78. The van der Waals surface area contributed by atoms with Gasteiger partial charge in [0.25, 0.3) is 0 Å². The molecular weight excluding hydrogens is 338 g/mol. The minimum Gasteiger partial charge on any atom is -0.454 e. The predicted octanol–water partition coefficient (Wildman–Crippen LogP) is 2.79. The molecule has 0 bridgehead atoms. The highest BCUT2D eigenvalue weighted by Gasteiger charge is 2.24. The molecule has 1 aliphatic heterocycles. The number of aromatic nitrogens is 1. The van der Waals surface area contributed by atoms with Crippen LogP contribution in [0.25, 0.3) is 10.9 Å². The van der Waals surface area contributed by atoms with Gasteiger partial charge in [-0.3, -0.25) is 14.9 Å². The summed E-state index contributed by atoms with van der Waals surface area (Å²) in [7, 11) is 1.53. The first-order valence-electron chi connectivity index (χ1n) is 7.95. The maximum atomic E-state index is 12.5. The van der Waals surface area contributed by atoms with Gasteiger partial charge in [0.05, 0.1) is 10.4 Å². The maximum Gasteiger partial charge on any atom is 0.357 e. The van der Waals surface area contributed by atoms with E-state index in [1.54, 1.807) is 30.3 Å². The summed E-state index contributed by atoms with van der Waals surface area (Å²) in [6.07, 6.45) is 0. The monoisotopic (exact) mass is 353 g/mol. The molecule has 1 N–H and O–H groups in total. The van der Waals surface area contributed by atoms with Crippen LogP contribution in [-0.2, 0) is 13.6 Å². The lowest BCUT2D eigenvalue weighted by atomic mass is 10.1. The van der Waals surface area contributed by atoms with Crippen LogP contribution < -0.4 is 20.3 Å². The summed E-state index contributed by atoms with van der Waals surface area (Å²) in [4.78, 5) is 23.3. The zero-order valence-electron chi connectivity index (χ0n) is 13.9. The summed E-state index contributed by atoms with van der Waals surface area (Å²) in [6, 6.07) is 12.5. The average Bonchev–Trinajstić information content (AvgIpc) is 3.11. The third kappa shape index (κ3) is 2.52. The van der Waals surface area contributed by atoms with Crippen LogP contribution in [0.15, 0.2) is 47.3 Å². The minimum absolute atomic E-state index is 0.178. The third-order valence-electron chi connectivity index (χ3n) is 4.37. The van der Waals surface area contributed by atoms with E-state index in [9.17, 15) is 14.9 Å². The molecule has 0 fully saturated rings. The van der Waals surface area contributed by atoms with Crippen LogP contribution in [0, 0.1) is 10.1 Å². The van der Waals surface area contributed by atoms with Gasteiger partial charge in [-0.05, 0) is 23.8 Å². The Kier molecular flexibility index (Phi) is 3.72. The normalized spacial score (nSPS) is 12.3. The standard InChI is InChI=1S/C18H15N3O5/c1-20-13-5-3-2-4-12(13)16(17(18(20)22)21(23)24)19-9-11-6-7-14-15(8-11)26-10-25-14/h2-8,19H,9-10H2,1H3. The van der Waals surface area contributed by atoms with E-state index in [2.05, 4.69) is 5.32 Å². The first-order valence-corrected chi connectivity index (χ1v) is 7.95. The molecule has 1 aliphatic rings. The van der Waals surface area contributed by atoms with Crippen molar-refractivity contribution in [2.24, 2.45) is 7.05 Å². The number of benzene rings is 2. The Labute approximate surface area is 147 Å². The molecule has 8 nitrogen and oxygen atoms in total. The fourth-order valence-corrected chi connectivity index (χ4v) is 3.07. The van der Waals surface area contributed by atoms with E-state index < -0.39 is 16.2 Å². The number of rotatable bonds is 4. The Hall–Kier alpha value is -3.55. The van der Waals surface area contributed by atoms with Crippen molar-refractivity contribution >= 4 is 22.3 Å². The van der Waals surface area contributed by atoms with E-state index >= 15 is 0 Å². The number of nitro groups is 1. The van der Waals surface area contributed by atoms with E-state index in [0.29, 0.717) is 28.9 Å². The molecule has 0 unspecified atom stereocenters. The fourth-order valence-electron chi connectivity index (χ4n) is 3.07. The number of para-hydroxylation sites is 1. The van der Waals surface area contributed by atoms with Gasteiger partial charge in [0.1, 0.15) is 5.69 Å². The second-order valence-electron chi connectivity index (χ2n) is 5.90. The molecule has 26 heavy (non-hydrogen) atoms. The number of hydrogen-bond donors (Lipinski definition) is 1. The molecular formula is C18H15N3O5. The highest BCUT2D eigenvalue weighted by Crippen LogP contribution is 2.34. The van der Waals surface area contributed by atoms with Crippen molar-refractivity contribution in [1.29, 1.82) is 0 Å². The van der Waals surface area contributed by atoms with Crippen molar-refractivity contribution in [3.05, 3.63) is 68.5 Å². The first kappa shape index (κ1) is 15.9. The number of fused-ring (bicyclic) bond motifs is 2. The Morgan fingerprint density at radius 2 is 1.96 bits per heavy atom. The molecule has 3 aromatic rings. The lowest BCUT2D eigenvalue weighted by Gasteiger charge is -2.13. The summed E-state index contributed by atoms with van der Waals surface area (Å²) in [5.74, 6) is 1.30. The Morgan fingerprint density at radius 3 is 2.77 bits per heavy atom. The van der Waals surface area contributed by atoms with Crippen molar-refractivity contribution in [2.45, 2.75) is 6.54 Å². The predicted molar refractivity (Wildman–Crippen MR) is 95.7 cm³/mol. The fraction of sp³-hybridized carbons (Fsp3) is 0.167. The second-order valence-corrected chi connectivity index (χ2v) is 5.90. The molecule has 0 radical (unpaired) electrons. The first-order chi connectivity index (χ1) is 12.6. The van der Waals surface area contributed by atoms with E-state index in [-0.39, 0.29) is 12.5 Å². The molecule has 0 atom stereocenters. The lowest BCUT2D eigenvalue weighted by molar-refractivity contribution is -0.385. The van der Waals surface area contributed by atoms with E-state index in [0.717, 1.165) is 5.56 Å². The molecule has 2 heterocycles. The highest BCUT2D eigenvalue weighted by atomic mass is 16.7. The summed E-state index contributed by atoms with van der Waals surface area (Å²) >= 11 is 0. The van der Waals surface area contributed by atoms with E-state index in [1.165, 1.54) is 11.6 Å². The SMILES string of the molecule is Cn1c(=O)c([N+](=O)[O-])c(NCc2ccc3c(c2)OCO3)c2ccccc21. The number of pyridine rings is 1. The number of hydrogen-bond acceptors (Lipinski definition) is 6. The summed E-state index contributed by atoms with van der Waals surface area (Å²) in [5.41, 5.74) is 0.574. The molecule has 0 saturated carbocycles. The molecule has 0 amide bonds. The summed E-state index contributed by atoms with van der Waals surface area (Å²) < 4.78 is 11.9. The van der Waals surface area contributed by atoms with Crippen LogP contribution in [0.4, 0.5) is 11.4 Å². The maximum absolute atomic E-state index is 12.5. The topological polar surface area (TPSA) is 95.6 Å². The van der Waals surface area contributed by atoms with Gasteiger partial charge in [-0.2, -0.15) is 0 Å². The molecule has 2 aromatic carbocycles. The van der Waals surface area contributed by atoms with Gasteiger partial charge in [0.15, 0.2) is 11.5 Å². The third-order valence-corrected chi connectivity index (χ3v) is 4.37. The Morgan fingerprint density at radius 1 is 1.19 bits per heavy atom. The molecule has 0 aliphatic carbocycles. The van der Waals surface area contributed by atoms with Gasteiger partial charge in [-0.25, -0.2) is 0 Å². The van der Waals surface area contributed by atoms with Crippen LogP contribution in [0.1, 0.15) is 5.56 Å². The van der Waals surface area contributed by atoms with Crippen molar-refractivity contribution in [2.75, 3.05) is 12.1 Å². The quantitative estimate of drug-likeness (QED) is 0.572. The van der Waals surface area contributed by atoms with Crippen LogP contribution >= 0.6 is 0 Å². The van der Waals surface area contributed by atoms with Crippen LogP contribution in [-0.4, -0.2) is 16.3 Å². The number of nitrogens with one attached hydrogen (secondary N) is 1. The largest absolute Gasteiger partial charge is 0.454 e. The molecule has 4 rings (SSSR count). The van der Waals surface area contributed by atoms with Crippen molar-refractivity contribution in [3.8, 4) is 11.5 Å². The zero-order valence-corrected chi connectivity index (χ0v) is 13.9. The van der Waals surface area contributed by atoms with Gasteiger partial charge in [-0.15, -0.1) is 0 Å². The second kappa shape index (κ2) is 6.07. The average molecular weight is 353 g/mol. The molecule has 0 spiro atoms. The van der Waals surface area contributed by atoms with Crippen molar-refractivity contribution < 1.29 is 14.4 Å². The number of anilines is 1. The van der Waals surface area contributed by atoms with Crippen LogP contribution in [0.5, 0.6) is 11.5 Å². The van der Waals surface area contributed by atoms with Gasteiger partial charge < -0.3 is 19.4 Å². The molecule has 0 saturated heterocycles. The molecule has 8 heteroatoms. The van der Waals surface area contributed by atoms with Crippen molar-refractivity contribution in [3.63, 3.8) is 0 Å². The van der Waals surface area contributed by atoms with Gasteiger partial charge >= 0.3 is 11.2 Å². The van der Waals surface area contributed by atoms with Crippen molar-refractivity contribution in [1.82, 2.24) is 4.57 Å². The lowest BCUT2D eigenvalue weighted by Crippen LogP contribution is -2.22. The molecule has 1 aromatic heterocycles. The van der Waals surface area contributed by atoms with Gasteiger partial charge in [-0.1, -0.05) is 24.3 Å². The van der Waals surface area contributed by atoms with E-state index in [4.69, 9.17) is 9.47 Å². The van der Waals surface area contributed by atoms with Gasteiger partial charge in [0.2, 0.25) is 6.79 Å². The smallest absolute Gasteiger partial charge is 0.357 e. The number of aryl methyl sites for hydroxylation is 1.